The van der Waals surface area contributed by atoms with Crippen molar-refractivity contribution in [2.24, 2.45) is 0 Å². The molecule has 19 heavy (non-hydrogen) atoms. The molecule has 0 N–H and O–H groups in total. The predicted octanol–water partition coefficient (Wildman–Crippen LogP) is 4.18. The molecule has 0 unspecified atom stereocenters. The van der Waals surface area contributed by atoms with Gasteiger partial charge in [0.25, 0.3) is 0 Å². The van der Waals surface area contributed by atoms with E-state index in [1.54, 1.807) is 0 Å². The average molecular weight is 269 g/mol. The lowest BCUT2D eigenvalue weighted by atomic mass is 9.86. The van der Waals surface area contributed by atoms with Crippen molar-refractivity contribution >= 4 is 0 Å². The van der Waals surface area contributed by atoms with E-state index >= 15 is 0 Å². The molecular weight excluding hydrogens is 251 g/mol. The highest BCUT2D eigenvalue weighted by Gasteiger charge is 2.33. The van der Waals surface area contributed by atoms with Gasteiger partial charge in [-0.2, -0.15) is 0 Å². The molecule has 0 bridgehead atoms. The van der Waals surface area contributed by atoms with Gasteiger partial charge in [-0.25, -0.2) is 13.2 Å². The van der Waals surface area contributed by atoms with E-state index in [4.69, 9.17) is 0 Å². The summed E-state index contributed by atoms with van der Waals surface area (Å²) < 4.78 is 39.8. The zero-order valence-corrected chi connectivity index (χ0v) is 10.8. The first-order chi connectivity index (χ1) is 9.16. The SMILES string of the molecule is Fc1cc([C@@H]2CCC[C@H]3CCCCN32)cc(F)c1F. The molecule has 2 heterocycles. The highest BCUT2D eigenvalue weighted by atomic mass is 19.2. The van der Waals surface area contributed by atoms with Crippen LogP contribution in [0.1, 0.15) is 50.1 Å². The van der Waals surface area contributed by atoms with Gasteiger partial charge >= 0.3 is 0 Å². The zero-order chi connectivity index (χ0) is 13.4. The first kappa shape index (κ1) is 13.0. The van der Waals surface area contributed by atoms with Crippen molar-refractivity contribution in [3.8, 4) is 0 Å². The molecule has 0 spiro atoms. The number of rotatable bonds is 1. The Bertz CT molecular complexity index is 449. The van der Waals surface area contributed by atoms with E-state index in [1.807, 2.05) is 0 Å². The minimum atomic E-state index is -1.37. The number of hydrogen-bond donors (Lipinski definition) is 0. The van der Waals surface area contributed by atoms with Crippen LogP contribution in [0.25, 0.3) is 0 Å². The highest BCUT2D eigenvalue weighted by molar-refractivity contribution is 5.23. The van der Waals surface area contributed by atoms with Crippen LogP contribution in [0.15, 0.2) is 12.1 Å². The molecule has 2 aliphatic heterocycles. The Balaban J connectivity index is 1.91. The van der Waals surface area contributed by atoms with Crippen molar-refractivity contribution < 1.29 is 13.2 Å². The molecule has 2 atom stereocenters. The van der Waals surface area contributed by atoms with Crippen molar-refractivity contribution in [1.82, 2.24) is 4.90 Å². The summed E-state index contributed by atoms with van der Waals surface area (Å²) in [5.74, 6) is -3.52. The van der Waals surface area contributed by atoms with Crippen molar-refractivity contribution in [1.29, 1.82) is 0 Å². The Kier molecular flexibility index (Phi) is 3.52. The molecule has 2 aliphatic rings. The second kappa shape index (κ2) is 5.16. The third-order valence-corrected chi connectivity index (χ3v) is 4.48. The summed E-state index contributed by atoms with van der Waals surface area (Å²) in [7, 11) is 0. The quantitative estimate of drug-likeness (QED) is 0.691. The summed E-state index contributed by atoms with van der Waals surface area (Å²) in [6, 6.07) is 2.91. The van der Waals surface area contributed by atoms with Crippen LogP contribution in [0.5, 0.6) is 0 Å². The van der Waals surface area contributed by atoms with E-state index in [9.17, 15) is 13.2 Å². The Morgan fingerprint density at radius 2 is 1.58 bits per heavy atom. The molecule has 1 aromatic rings. The minimum Gasteiger partial charge on any atom is -0.293 e. The fourth-order valence-corrected chi connectivity index (χ4v) is 3.58. The molecule has 4 heteroatoms. The summed E-state index contributed by atoms with van der Waals surface area (Å²) in [5, 5.41) is 0. The van der Waals surface area contributed by atoms with Gasteiger partial charge in [-0.3, -0.25) is 4.90 Å². The molecule has 104 valence electrons. The van der Waals surface area contributed by atoms with Gasteiger partial charge in [0.2, 0.25) is 0 Å². The molecule has 0 amide bonds. The normalized spacial score (nSPS) is 28.2. The van der Waals surface area contributed by atoms with Crippen molar-refractivity contribution in [2.75, 3.05) is 6.54 Å². The van der Waals surface area contributed by atoms with Crippen LogP contribution < -0.4 is 0 Å². The predicted molar refractivity (Wildman–Crippen MR) is 67.3 cm³/mol. The Morgan fingerprint density at radius 1 is 0.895 bits per heavy atom. The van der Waals surface area contributed by atoms with Gasteiger partial charge in [0.15, 0.2) is 17.5 Å². The molecule has 0 aliphatic carbocycles. The number of benzene rings is 1. The van der Waals surface area contributed by atoms with Crippen LogP contribution in [0.2, 0.25) is 0 Å². The monoisotopic (exact) mass is 269 g/mol. The smallest absolute Gasteiger partial charge is 0.194 e. The first-order valence-electron chi connectivity index (χ1n) is 7.07. The molecule has 2 saturated heterocycles. The number of fused-ring (bicyclic) bond motifs is 1. The van der Waals surface area contributed by atoms with Crippen LogP contribution >= 0.6 is 0 Å². The summed E-state index contributed by atoms with van der Waals surface area (Å²) in [4.78, 5) is 2.36. The Morgan fingerprint density at radius 3 is 2.32 bits per heavy atom. The van der Waals surface area contributed by atoms with E-state index in [-0.39, 0.29) is 6.04 Å². The van der Waals surface area contributed by atoms with E-state index in [1.165, 1.54) is 31.4 Å². The standard InChI is InChI=1S/C15H18F3N/c16-12-8-10(9-13(17)15(12)18)14-6-3-5-11-4-1-2-7-19(11)14/h8-9,11,14H,1-7H2/t11-,14+/m1/s1. The van der Waals surface area contributed by atoms with Gasteiger partial charge in [-0.15, -0.1) is 0 Å². The van der Waals surface area contributed by atoms with Crippen LogP contribution in [0, 0.1) is 17.5 Å². The van der Waals surface area contributed by atoms with Gasteiger partial charge in [0.1, 0.15) is 0 Å². The van der Waals surface area contributed by atoms with Crippen molar-refractivity contribution in [2.45, 2.75) is 50.6 Å². The number of hydrogen-bond acceptors (Lipinski definition) is 1. The van der Waals surface area contributed by atoms with E-state index in [0.29, 0.717) is 11.6 Å². The molecule has 1 aromatic carbocycles. The first-order valence-corrected chi connectivity index (χ1v) is 7.07. The largest absolute Gasteiger partial charge is 0.293 e. The fourth-order valence-electron chi connectivity index (χ4n) is 3.58. The molecule has 1 nitrogen and oxygen atoms in total. The molecule has 3 rings (SSSR count). The number of piperidine rings is 2. The number of nitrogens with zero attached hydrogens (tertiary/aromatic N) is 1. The zero-order valence-electron chi connectivity index (χ0n) is 10.8. The maximum atomic E-state index is 13.4. The maximum Gasteiger partial charge on any atom is 0.194 e. The lowest BCUT2D eigenvalue weighted by Crippen LogP contribution is -2.44. The van der Waals surface area contributed by atoms with Crippen molar-refractivity contribution in [3.63, 3.8) is 0 Å². The van der Waals surface area contributed by atoms with Gasteiger partial charge in [0.05, 0.1) is 0 Å². The van der Waals surface area contributed by atoms with E-state index in [0.717, 1.165) is 25.8 Å². The average Bonchev–Trinajstić information content (AvgIpc) is 2.43. The summed E-state index contributed by atoms with van der Waals surface area (Å²) in [5.41, 5.74) is 0.586. The van der Waals surface area contributed by atoms with Gasteiger partial charge < -0.3 is 0 Å². The highest BCUT2D eigenvalue weighted by Crippen LogP contribution is 2.38. The molecule has 0 radical (unpaired) electrons. The Hall–Kier alpha value is -1.03. The lowest BCUT2D eigenvalue weighted by Gasteiger charge is -2.45. The van der Waals surface area contributed by atoms with E-state index < -0.39 is 17.5 Å². The van der Waals surface area contributed by atoms with Gasteiger partial charge in [0, 0.05) is 12.1 Å². The van der Waals surface area contributed by atoms with Gasteiger partial charge in [-0.05, 0) is 56.3 Å². The lowest BCUT2D eigenvalue weighted by molar-refractivity contribution is 0.0514. The topological polar surface area (TPSA) is 3.24 Å². The third-order valence-electron chi connectivity index (χ3n) is 4.48. The molecular formula is C15H18F3N. The Labute approximate surface area is 111 Å². The second-order valence-corrected chi connectivity index (χ2v) is 5.63. The summed E-state index contributed by atoms with van der Waals surface area (Å²) in [6.07, 6.45) is 6.69. The van der Waals surface area contributed by atoms with Crippen LogP contribution in [0.3, 0.4) is 0 Å². The van der Waals surface area contributed by atoms with Crippen LogP contribution in [-0.4, -0.2) is 17.5 Å². The minimum absolute atomic E-state index is 0.0450. The molecule has 2 fully saturated rings. The van der Waals surface area contributed by atoms with Crippen LogP contribution in [-0.2, 0) is 0 Å². The van der Waals surface area contributed by atoms with Crippen molar-refractivity contribution in [3.05, 3.63) is 35.1 Å². The maximum absolute atomic E-state index is 13.4. The third kappa shape index (κ3) is 2.38. The summed E-state index contributed by atoms with van der Waals surface area (Å²) >= 11 is 0. The van der Waals surface area contributed by atoms with E-state index in [2.05, 4.69) is 4.90 Å². The second-order valence-electron chi connectivity index (χ2n) is 5.63. The van der Waals surface area contributed by atoms with Gasteiger partial charge in [-0.1, -0.05) is 6.42 Å². The summed E-state index contributed by atoms with van der Waals surface area (Å²) in [6.45, 7) is 0.982. The number of halogens is 3. The van der Waals surface area contributed by atoms with Crippen LogP contribution in [0.4, 0.5) is 13.2 Å². The molecule has 0 aromatic heterocycles. The molecule has 0 saturated carbocycles. The fraction of sp³-hybridized carbons (Fsp3) is 0.600.